The molecule has 0 saturated heterocycles. The SMILES string of the molecule is Cc1nn(C)c(NCCCCN(C)C)c1C(=O)O. The largest absolute Gasteiger partial charge is 0.477 e. The Hall–Kier alpha value is -1.56. The Balaban J connectivity index is 2.54. The third-order valence-corrected chi connectivity index (χ3v) is 2.76. The lowest BCUT2D eigenvalue weighted by Gasteiger charge is -2.10. The Morgan fingerprint density at radius 2 is 2.11 bits per heavy atom. The molecule has 0 aliphatic rings. The van der Waals surface area contributed by atoms with Crippen LogP contribution in [0.4, 0.5) is 5.82 Å². The van der Waals surface area contributed by atoms with E-state index in [0.717, 1.165) is 25.9 Å². The molecule has 1 aromatic heterocycles. The second kappa shape index (κ2) is 6.39. The zero-order chi connectivity index (χ0) is 13.7. The molecule has 18 heavy (non-hydrogen) atoms. The van der Waals surface area contributed by atoms with Crippen molar-refractivity contribution in [2.45, 2.75) is 19.8 Å². The van der Waals surface area contributed by atoms with Gasteiger partial charge in [-0.1, -0.05) is 0 Å². The lowest BCUT2D eigenvalue weighted by atomic mass is 10.2. The van der Waals surface area contributed by atoms with Gasteiger partial charge in [0.05, 0.1) is 5.69 Å². The Labute approximate surface area is 108 Å². The third kappa shape index (κ3) is 3.73. The van der Waals surface area contributed by atoms with Gasteiger partial charge in [0.1, 0.15) is 11.4 Å². The van der Waals surface area contributed by atoms with Crippen LogP contribution in [0.3, 0.4) is 0 Å². The Morgan fingerprint density at radius 3 is 2.67 bits per heavy atom. The first-order valence-electron chi connectivity index (χ1n) is 6.09. The first kappa shape index (κ1) is 14.5. The van der Waals surface area contributed by atoms with Gasteiger partial charge in [-0.15, -0.1) is 0 Å². The van der Waals surface area contributed by atoms with E-state index >= 15 is 0 Å². The van der Waals surface area contributed by atoms with Gasteiger partial charge in [0.15, 0.2) is 0 Å². The van der Waals surface area contributed by atoms with Crippen molar-refractivity contribution in [1.82, 2.24) is 14.7 Å². The van der Waals surface area contributed by atoms with E-state index in [9.17, 15) is 4.79 Å². The number of aromatic nitrogens is 2. The fourth-order valence-electron chi connectivity index (χ4n) is 1.88. The molecule has 1 rings (SSSR count). The van der Waals surface area contributed by atoms with E-state index in [1.165, 1.54) is 0 Å². The van der Waals surface area contributed by atoms with Crippen LogP contribution in [0.2, 0.25) is 0 Å². The highest BCUT2D eigenvalue weighted by Gasteiger charge is 2.18. The molecule has 2 N–H and O–H groups in total. The minimum Gasteiger partial charge on any atom is -0.477 e. The van der Waals surface area contributed by atoms with Crippen LogP contribution in [-0.4, -0.2) is 52.9 Å². The fourth-order valence-corrected chi connectivity index (χ4v) is 1.88. The number of aryl methyl sites for hydroxylation is 2. The molecule has 1 aromatic rings. The minimum atomic E-state index is -0.934. The van der Waals surface area contributed by atoms with Gasteiger partial charge in [-0.3, -0.25) is 4.68 Å². The summed E-state index contributed by atoms with van der Waals surface area (Å²) in [6, 6.07) is 0. The number of carboxylic acids is 1. The van der Waals surface area contributed by atoms with Crippen molar-refractivity contribution in [1.29, 1.82) is 0 Å². The number of unbranched alkanes of at least 4 members (excludes halogenated alkanes) is 1. The van der Waals surface area contributed by atoms with Crippen molar-refractivity contribution in [2.24, 2.45) is 7.05 Å². The molecule has 0 aliphatic heterocycles. The first-order chi connectivity index (χ1) is 8.43. The molecule has 1 heterocycles. The molecular weight excluding hydrogens is 232 g/mol. The number of nitrogens with one attached hydrogen (secondary N) is 1. The van der Waals surface area contributed by atoms with E-state index in [4.69, 9.17) is 5.11 Å². The molecule has 0 amide bonds. The van der Waals surface area contributed by atoms with E-state index in [1.807, 2.05) is 14.1 Å². The predicted octanol–water partition coefficient (Wildman–Crippen LogP) is 1.18. The summed E-state index contributed by atoms with van der Waals surface area (Å²) in [5, 5.41) is 16.4. The van der Waals surface area contributed by atoms with Gasteiger partial charge in [0.2, 0.25) is 0 Å². The average Bonchev–Trinajstić information content (AvgIpc) is 2.52. The lowest BCUT2D eigenvalue weighted by Crippen LogP contribution is -2.15. The van der Waals surface area contributed by atoms with Crippen molar-refractivity contribution < 1.29 is 9.90 Å². The maximum Gasteiger partial charge on any atom is 0.341 e. The van der Waals surface area contributed by atoms with Crippen LogP contribution in [0, 0.1) is 6.92 Å². The molecule has 0 radical (unpaired) electrons. The van der Waals surface area contributed by atoms with Crippen molar-refractivity contribution in [2.75, 3.05) is 32.5 Å². The molecular formula is C12H22N4O2. The highest BCUT2D eigenvalue weighted by atomic mass is 16.4. The molecule has 102 valence electrons. The smallest absolute Gasteiger partial charge is 0.341 e. The van der Waals surface area contributed by atoms with E-state index in [2.05, 4.69) is 15.3 Å². The zero-order valence-electron chi connectivity index (χ0n) is 11.5. The van der Waals surface area contributed by atoms with Crippen LogP contribution in [0.1, 0.15) is 28.9 Å². The first-order valence-corrected chi connectivity index (χ1v) is 6.09. The van der Waals surface area contributed by atoms with Crippen LogP contribution in [0.5, 0.6) is 0 Å². The van der Waals surface area contributed by atoms with E-state index in [-0.39, 0.29) is 5.56 Å². The van der Waals surface area contributed by atoms with Crippen LogP contribution in [0.25, 0.3) is 0 Å². The van der Waals surface area contributed by atoms with Crippen LogP contribution in [0.15, 0.2) is 0 Å². The van der Waals surface area contributed by atoms with Crippen LogP contribution >= 0.6 is 0 Å². The highest BCUT2D eigenvalue weighted by molar-refractivity contribution is 5.94. The summed E-state index contributed by atoms with van der Waals surface area (Å²) in [7, 11) is 5.84. The van der Waals surface area contributed by atoms with Gasteiger partial charge >= 0.3 is 5.97 Å². The number of nitrogens with zero attached hydrogens (tertiary/aromatic N) is 3. The standard InChI is InChI=1S/C12H22N4O2/c1-9-10(12(17)18)11(16(4)14-9)13-7-5-6-8-15(2)3/h13H,5-8H2,1-4H3,(H,17,18). The third-order valence-electron chi connectivity index (χ3n) is 2.76. The van der Waals surface area contributed by atoms with Gasteiger partial charge in [-0.25, -0.2) is 4.79 Å². The summed E-state index contributed by atoms with van der Waals surface area (Å²) in [4.78, 5) is 13.3. The molecule has 0 atom stereocenters. The maximum absolute atomic E-state index is 11.1. The quantitative estimate of drug-likeness (QED) is 0.715. The molecule has 0 spiro atoms. The molecule has 6 nitrogen and oxygen atoms in total. The Kier molecular flexibility index (Phi) is 5.15. The fraction of sp³-hybridized carbons (Fsp3) is 0.667. The Morgan fingerprint density at radius 1 is 1.44 bits per heavy atom. The monoisotopic (exact) mass is 254 g/mol. The summed E-state index contributed by atoms with van der Waals surface area (Å²) in [5.74, 6) is -0.346. The van der Waals surface area contributed by atoms with E-state index < -0.39 is 5.97 Å². The van der Waals surface area contributed by atoms with E-state index in [1.54, 1.807) is 18.7 Å². The number of aromatic carboxylic acids is 1. The molecule has 0 unspecified atom stereocenters. The summed E-state index contributed by atoms with van der Waals surface area (Å²) < 4.78 is 1.59. The number of rotatable bonds is 7. The lowest BCUT2D eigenvalue weighted by molar-refractivity contribution is 0.0697. The van der Waals surface area contributed by atoms with Gasteiger partial charge < -0.3 is 15.3 Å². The summed E-state index contributed by atoms with van der Waals surface area (Å²) in [6.45, 7) is 3.51. The van der Waals surface area contributed by atoms with Gasteiger partial charge in [-0.05, 0) is 40.4 Å². The zero-order valence-corrected chi connectivity index (χ0v) is 11.5. The van der Waals surface area contributed by atoms with Gasteiger partial charge in [-0.2, -0.15) is 5.10 Å². The maximum atomic E-state index is 11.1. The number of hydrogen-bond acceptors (Lipinski definition) is 4. The van der Waals surface area contributed by atoms with Crippen LogP contribution in [-0.2, 0) is 7.05 Å². The molecule has 0 aromatic carbocycles. The van der Waals surface area contributed by atoms with Gasteiger partial charge in [0.25, 0.3) is 0 Å². The molecule has 6 heteroatoms. The number of carboxylic acid groups (broad SMARTS) is 1. The summed E-state index contributed by atoms with van der Waals surface area (Å²) in [6.07, 6.45) is 2.08. The normalized spacial score (nSPS) is 10.9. The predicted molar refractivity (Wildman–Crippen MR) is 71.2 cm³/mol. The van der Waals surface area contributed by atoms with Gasteiger partial charge in [0, 0.05) is 13.6 Å². The van der Waals surface area contributed by atoms with E-state index in [0.29, 0.717) is 11.5 Å². The second-order valence-corrected chi connectivity index (χ2v) is 4.67. The van der Waals surface area contributed by atoms with Crippen LogP contribution < -0.4 is 5.32 Å². The molecule has 0 fully saturated rings. The summed E-state index contributed by atoms with van der Waals surface area (Å²) >= 11 is 0. The molecule has 0 aliphatic carbocycles. The number of carbonyl (C=O) groups is 1. The highest BCUT2D eigenvalue weighted by Crippen LogP contribution is 2.18. The molecule has 0 saturated carbocycles. The molecule has 0 bridgehead atoms. The number of anilines is 1. The number of hydrogen-bond donors (Lipinski definition) is 2. The topological polar surface area (TPSA) is 70.4 Å². The second-order valence-electron chi connectivity index (χ2n) is 4.67. The van der Waals surface area contributed by atoms with Crippen molar-refractivity contribution in [3.63, 3.8) is 0 Å². The Bertz CT molecular complexity index is 412. The van der Waals surface area contributed by atoms with Crippen molar-refractivity contribution in [3.8, 4) is 0 Å². The van der Waals surface area contributed by atoms with Crippen molar-refractivity contribution in [3.05, 3.63) is 11.3 Å². The summed E-state index contributed by atoms with van der Waals surface area (Å²) in [5.41, 5.74) is 0.811. The van der Waals surface area contributed by atoms with Crippen molar-refractivity contribution >= 4 is 11.8 Å². The minimum absolute atomic E-state index is 0.269. The average molecular weight is 254 g/mol.